The van der Waals surface area contributed by atoms with E-state index in [0.717, 1.165) is 5.01 Å². The summed E-state index contributed by atoms with van der Waals surface area (Å²) < 4.78 is 13.0. The van der Waals surface area contributed by atoms with Crippen molar-refractivity contribution in [2.45, 2.75) is 12.1 Å². The van der Waals surface area contributed by atoms with Crippen LogP contribution < -0.4 is 0 Å². The third kappa shape index (κ3) is 2.32. The van der Waals surface area contributed by atoms with Crippen molar-refractivity contribution in [3.63, 3.8) is 0 Å². The largest absolute Gasteiger partial charge is 0.365 e. The highest BCUT2D eigenvalue weighted by Gasteiger charge is 2.42. The minimum absolute atomic E-state index is 0.164. The molecule has 0 fully saturated rings. The van der Waals surface area contributed by atoms with Gasteiger partial charge in [0, 0.05) is 23.8 Å². The molecule has 3 rings (SSSR count). The van der Waals surface area contributed by atoms with Crippen LogP contribution in [0.1, 0.15) is 22.3 Å². The zero-order valence-corrected chi connectivity index (χ0v) is 11.1. The number of aliphatic hydroxyl groups is 1. The average molecular weight is 284 g/mol. The summed E-state index contributed by atoms with van der Waals surface area (Å²) in [5.41, 5.74) is -0.733. The number of rotatable bonds is 2. The van der Waals surface area contributed by atoms with E-state index in [-0.39, 0.29) is 6.42 Å². The zero-order valence-electron chi connectivity index (χ0n) is 11.1. The molecule has 2 aromatic rings. The summed E-state index contributed by atoms with van der Waals surface area (Å²) in [7, 11) is 0. The van der Waals surface area contributed by atoms with Gasteiger partial charge in [-0.05, 0) is 24.3 Å². The quantitative estimate of drug-likeness (QED) is 0.921. The molecule has 1 amide bonds. The molecule has 0 saturated heterocycles. The van der Waals surface area contributed by atoms with Gasteiger partial charge < -0.3 is 5.11 Å². The van der Waals surface area contributed by atoms with E-state index in [2.05, 4.69) is 5.10 Å². The van der Waals surface area contributed by atoms with Crippen LogP contribution in [0.15, 0.2) is 59.7 Å². The lowest BCUT2D eigenvalue weighted by molar-refractivity contribution is -0.0764. The van der Waals surface area contributed by atoms with E-state index in [9.17, 15) is 14.3 Å². The third-order valence-electron chi connectivity index (χ3n) is 3.44. The van der Waals surface area contributed by atoms with Crippen LogP contribution in [0.2, 0.25) is 0 Å². The Hall–Kier alpha value is -2.53. The molecule has 2 aromatic carbocycles. The molecule has 5 heteroatoms. The molecular weight excluding hydrogens is 271 g/mol. The van der Waals surface area contributed by atoms with Crippen molar-refractivity contribution in [3.8, 4) is 0 Å². The Labute approximate surface area is 121 Å². The van der Waals surface area contributed by atoms with Gasteiger partial charge in [0.25, 0.3) is 5.91 Å². The number of carbonyl (C=O) groups is 1. The van der Waals surface area contributed by atoms with Crippen molar-refractivity contribution in [1.29, 1.82) is 0 Å². The van der Waals surface area contributed by atoms with Gasteiger partial charge in [-0.25, -0.2) is 4.39 Å². The first-order valence-corrected chi connectivity index (χ1v) is 6.52. The predicted octanol–water partition coefficient (Wildman–Crippen LogP) is 2.50. The Kier molecular flexibility index (Phi) is 3.27. The molecule has 0 aliphatic carbocycles. The van der Waals surface area contributed by atoms with Crippen molar-refractivity contribution < 1.29 is 14.3 Å². The highest BCUT2D eigenvalue weighted by Crippen LogP contribution is 2.34. The van der Waals surface area contributed by atoms with Gasteiger partial charge in [0.15, 0.2) is 5.72 Å². The van der Waals surface area contributed by atoms with E-state index >= 15 is 0 Å². The number of halogens is 1. The standard InChI is InChI=1S/C16H13FN2O2/c17-14-8-6-13(7-9-14)16(21)10-11-18-19(16)15(20)12-4-2-1-3-5-12/h1-9,11,21H,10H2. The molecule has 1 aliphatic rings. The third-order valence-corrected chi connectivity index (χ3v) is 3.44. The molecule has 0 bridgehead atoms. The van der Waals surface area contributed by atoms with Gasteiger partial charge in [-0.3, -0.25) is 4.79 Å². The van der Waals surface area contributed by atoms with Crippen LogP contribution in [-0.2, 0) is 5.72 Å². The monoisotopic (exact) mass is 284 g/mol. The molecule has 1 heterocycles. The van der Waals surface area contributed by atoms with Gasteiger partial charge in [0.2, 0.25) is 0 Å². The minimum Gasteiger partial charge on any atom is -0.365 e. The van der Waals surface area contributed by atoms with Gasteiger partial charge in [-0.15, -0.1) is 0 Å². The fourth-order valence-electron chi connectivity index (χ4n) is 2.31. The zero-order chi connectivity index (χ0) is 14.9. The van der Waals surface area contributed by atoms with Crippen molar-refractivity contribution in [2.24, 2.45) is 5.10 Å². The molecule has 0 saturated carbocycles. The molecule has 0 spiro atoms. The van der Waals surface area contributed by atoms with E-state index in [4.69, 9.17) is 0 Å². The van der Waals surface area contributed by atoms with E-state index in [1.807, 2.05) is 0 Å². The number of hydrogen-bond acceptors (Lipinski definition) is 3. The summed E-state index contributed by atoms with van der Waals surface area (Å²) in [6.07, 6.45) is 1.64. The Morgan fingerprint density at radius 3 is 2.48 bits per heavy atom. The maximum atomic E-state index is 13.0. The van der Waals surface area contributed by atoms with Crippen LogP contribution in [0, 0.1) is 5.82 Å². The first-order valence-electron chi connectivity index (χ1n) is 6.52. The Bertz CT molecular complexity index is 685. The van der Waals surface area contributed by atoms with Gasteiger partial charge >= 0.3 is 0 Å². The number of hydrogen-bond donors (Lipinski definition) is 1. The van der Waals surface area contributed by atoms with Crippen LogP contribution in [0.5, 0.6) is 0 Å². The summed E-state index contributed by atoms with van der Waals surface area (Å²) in [6, 6.07) is 14.0. The maximum Gasteiger partial charge on any atom is 0.276 e. The fraction of sp³-hybridized carbons (Fsp3) is 0.125. The lowest BCUT2D eigenvalue weighted by Crippen LogP contribution is -2.43. The van der Waals surface area contributed by atoms with Crippen molar-refractivity contribution in [2.75, 3.05) is 0 Å². The summed E-state index contributed by atoms with van der Waals surface area (Å²) in [5, 5.41) is 15.8. The molecule has 0 aromatic heterocycles. The molecule has 106 valence electrons. The SMILES string of the molecule is O=C(c1ccccc1)N1N=CCC1(O)c1ccc(F)cc1. The molecule has 4 nitrogen and oxygen atoms in total. The minimum atomic E-state index is -1.58. The number of carbonyl (C=O) groups excluding carboxylic acids is 1. The second-order valence-corrected chi connectivity index (χ2v) is 4.81. The lowest BCUT2D eigenvalue weighted by Gasteiger charge is -2.31. The van der Waals surface area contributed by atoms with Crippen LogP contribution in [0.25, 0.3) is 0 Å². The highest BCUT2D eigenvalue weighted by atomic mass is 19.1. The van der Waals surface area contributed by atoms with Gasteiger partial charge in [0.1, 0.15) is 5.82 Å². The summed E-state index contributed by atoms with van der Waals surface area (Å²) in [6.45, 7) is 0. The Morgan fingerprint density at radius 2 is 1.81 bits per heavy atom. The molecular formula is C16H13FN2O2. The van der Waals surface area contributed by atoms with E-state index in [1.165, 1.54) is 30.5 Å². The Morgan fingerprint density at radius 1 is 1.14 bits per heavy atom. The van der Waals surface area contributed by atoms with E-state index < -0.39 is 17.4 Å². The van der Waals surface area contributed by atoms with Gasteiger partial charge in [-0.1, -0.05) is 30.3 Å². The normalized spacial score (nSPS) is 20.8. The molecule has 21 heavy (non-hydrogen) atoms. The van der Waals surface area contributed by atoms with Crippen molar-refractivity contribution in [3.05, 3.63) is 71.5 Å². The van der Waals surface area contributed by atoms with Crippen LogP contribution in [-0.4, -0.2) is 22.2 Å². The van der Waals surface area contributed by atoms with E-state index in [1.54, 1.807) is 30.3 Å². The molecule has 1 N–H and O–H groups in total. The second kappa shape index (κ2) is 5.10. The van der Waals surface area contributed by atoms with Crippen molar-refractivity contribution in [1.82, 2.24) is 5.01 Å². The molecule has 1 unspecified atom stereocenters. The summed E-state index contributed by atoms with van der Waals surface area (Å²) in [5.74, 6) is -0.807. The highest BCUT2D eigenvalue weighted by molar-refractivity contribution is 5.95. The van der Waals surface area contributed by atoms with Crippen LogP contribution >= 0.6 is 0 Å². The smallest absolute Gasteiger partial charge is 0.276 e. The summed E-state index contributed by atoms with van der Waals surface area (Å²) >= 11 is 0. The van der Waals surface area contributed by atoms with E-state index in [0.29, 0.717) is 11.1 Å². The number of hydrazone groups is 1. The maximum absolute atomic E-state index is 13.0. The molecule has 1 atom stereocenters. The van der Waals surface area contributed by atoms with Crippen LogP contribution in [0.4, 0.5) is 4.39 Å². The molecule has 1 aliphatic heterocycles. The number of nitrogens with zero attached hydrogens (tertiary/aromatic N) is 2. The average Bonchev–Trinajstić information content (AvgIpc) is 2.91. The van der Waals surface area contributed by atoms with Gasteiger partial charge in [-0.2, -0.15) is 10.1 Å². The topological polar surface area (TPSA) is 52.9 Å². The first-order chi connectivity index (χ1) is 10.1. The first kappa shape index (κ1) is 13.5. The summed E-state index contributed by atoms with van der Waals surface area (Å²) in [4.78, 5) is 12.5. The lowest BCUT2D eigenvalue weighted by atomic mass is 9.99. The molecule has 0 radical (unpaired) electrons. The second-order valence-electron chi connectivity index (χ2n) is 4.81. The Balaban J connectivity index is 1.96. The number of benzene rings is 2. The van der Waals surface area contributed by atoms with Gasteiger partial charge in [0.05, 0.1) is 0 Å². The van der Waals surface area contributed by atoms with Crippen LogP contribution in [0.3, 0.4) is 0 Å². The number of amides is 1. The fourth-order valence-corrected chi connectivity index (χ4v) is 2.31. The predicted molar refractivity (Wildman–Crippen MR) is 76.0 cm³/mol. The van der Waals surface area contributed by atoms with Crippen molar-refractivity contribution >= 4 is 12.1 Å².